The zero-order valence-electron chi connectivity index (χ0n) is 24.6. The van der Waals surface area contributed by atoms with Crippen LogP contribution >= 0.6 is 0 Å². The smallest absolute Gasteiger partial charge is 0.330 e. The Hall–Kier alpha value is -2.42. The lowest BCUT2D eigenvalue weighted by molar-refractivity contribution is -0.250. The molecule has 0 amide bonds. The Morgan fingerprint density at radius 2 is 1.93 bits per heavy atom. The Balaban J connectivity index is 1.53. The topological polar surface area (TPSA) is 104 Å². The number of carboxylic acid groups (broad SMARTS) is 1. The van der Waals surface area contributed by atoms with Gasteiger partial charge in [-0.05, 0) is 50.3 Å². The van der Waals surface area contributed by atoms with E-state index in [0.29, 0.717) is 13.0 Å². The molecule has 0 bridgehead atoms. The molecule has 2 saturated carbocycles. The number of fused-ring (bicyclic) bond motifs is 4. The van der Waals surface area contributed by atoms with E-state index in [0.717, 1.165) is 17.6 Å². The van der Waals surface area contributed by atoms with E-state index < -0.39 is 28.9 Å². The quantitative estimate of drug-likeness (QED) is 0.288. The van der Waals surface area contributed by atoms with Gasteiger partial charge in [0.25, 0.3) is 0 Å². The third kappa shape index (κ3) is 3.61. The molecule has 8 nitrogen and oxygen atoms in total. The fourth-order valence-corrected chi connectivity index (χ4v) is 10.0. The molecule has 5 aliphatic rings. The van der Waals surface area contributed by atoms with Crippen molar-refractivity contribution in [2.75, 3.05) is 13.7 Å². The average molecular weight is 555 g/mol. The lowest BCUT2D eigenvalue weighted by atomic mass is 9.40. The van der Waals surface area contributed by atoms with E-state index in [-0.39, 0.29) is 54.0 Å². The SMILES string of the molecule is CO[C@@H]1C[C@H](OC(=O)C=C(C)C)[C@@]2(C)C3[C@@H](OC[C@@]31C)[C@H]1O[C@@H]3C[C@@H](c4ccoc4)C(C)=C3[C@@]1(C)[C@@H]2CC(=O)O. The van der Waals surface area contributed by atoms with Crippen molar-refractivity contribution in [3.8, 4) is 0 Å². The van der Waals surface area contributed by atoms with Crippen LogP contribution in [-0.4, -0.2) is 61.3 Å². The van der Waals surface area contributed by atoms with Gasteiger partial charge in [0.2, 0.25) is 0 Å². The van der Waals surface area contributed by atoms with E-state index in [1.54, 1.807) is 19.6 Å². The Morgan fingerprint density at radius 1 is 1.18 bits per heavy atom. The predicted molar refractivity (Wildman–Crippen MR) is 145 cm³/mol. The Kier molecular flexibility index (Phi) is 6.45. The van der Waals surface area contributed by atoms with Gasteiger partial charge >= 0.3 is 11.9 Å². The minimum absolute atomic E-state index is 0.0552. The highest BCUT2D eigenvalue weighted by Gasteiger charge is 2.78. The molecule has 6 rings (SSSR count). The number of hydrogen-bond donors (Lipinski definition) is 1. The summed E-state index contributed by atoms with van der Waals surface area (Å²) in [6, 6.07) is 2.00. The van der Waals surface area contributed by atoms with Gasteiger partial charge in [-0.2, -0.15) is 0 Å². The van der Waals surface area contributed by atoms with Gasteiger partial charge in [0.05, 0.1) is 43.5 Å². The summed E-state index contributed by atoms with van der Waals surface area (Å²) in [4.78, 5) is 25.8. The maximum Gasteiger partial charge on any atom is 0.330 e. The number of furan rings is 1. The van der Waals surface area contributed by atoms with Crippen LogP contribution in [0.25, 0.3) is 0 Å². The highest BCUT2D eigenvalue weighted by Crippen LogP contribution is 2.74. The van der Waals surface area contributed by atoms with E-state index in [4.69, 9.17) is 23.4 Å². The molecule has 2 saturated heterocycles. The minimum Gasteiger partial charge on any atom is -0.481 e. The standard InChI is InChI=1S/C32H42O8/c1-16(2)10-25(35)40-23-13-22(36-7)30(4)15-38-27-28(30)31(23,5)21(12-24(33)34)32(6)26-17(3)19(18-8-9-37-14-18)11-20(26)39-29(27)32/h8-10,14,19-23,27-29H,11-13,15H2,1-7H3,(H,33,34)/t19-,20-,21-,22-,23+,27-,28?,29-,30-,31+,32-/m1/s1. The van der Waals surface area contributed by atoms with Crippen molar-refractivity contribution < 1.29 is 38.1 Å². The first-order chi connectivity index (χ1) is 18.9. The molecule has 0 radical (unpaired) electrons. The number of rotatable bonds is 6. The molecule has 3 heterocycles. The number of methoxy groups -OCH3 is 1. The van der Waals surface area contributed by atoms with Gasteiger partial charge in [0.15, 0.2) is 0 Å². The summed E-state index contributed by atoms with van der Waals surface area (Å²) in [7, 11) is 1.70. The highest BCUT2D eigenvalue weighted by atomic mass is 16.6. The summed E-state index contributed by atoms with van der Waals surface area (Å²) >= 11 is 0. The third-order valence-electron chi connectivity index (χ3n) is 11.4. The zero-order chi connectivity index (χ0) is 28.8. The zero-order valence-corrected chi connectivity index (χ0v) is 24.6. The molecule has 0 aromatic carbocycles. The number of carboxylic acids is 1. The molecule has 2 aliphatic heterocycles. The first kappa shape index (κ1) is 27.7. The summed E-state index contributed by atoms with van der Waals surface area (Å²) in [5.74, 6) is -1.59. The van der Waals surface area contributed by atoms with Gasteiger partial charge in [-0.1, -0.05) is 31.9 Å². The molecule has 1 unspecified atom stereocenters. The van der Waals surface area contributed by atoms with Crippen LogP contribution in [0.3, 0.4) is 0 Å². The first-order valence-corrected chi connectivity index (χ1v) is 14.5. The number of hydrogen-bond acceptors (Lipinski definition) is 7. The van der Waals surface area contributed by atoms with E-state index >= 15 is 0 Å². The molecule has 3 aliphatic carbocycles. The van der Waals surface area contributed by atoms with E-state index in [1.807, 2.05) is 19.9 Å². The minimum atomic E-state index is -0.861. The van der Waals surface area contributed by atoms with Crippen molar-refractivity contribution in [2.24, 2.45) is 28.1 Å². The maximum atomic E-state index is 13.1. The molecule has 1 aromatic heterocycles. The first-order valence-electron chi connectivity index (χ1n) is 14.5. The molecule has 4 fully saturated rings. The summed E-state index contributed by atoms with van der Waals surface area (Å²) in [6.45, 7) is 12.9. The van der Waals surface area contributed by atoms with Crippen LogP contribution in [0.2, 0.25) is 0 Å². The Bertz CT molecular complexity index is 1260. The predicted octanol–water partition coefficient (Wildman–Crippen LogP) is 5.29. The number of ether oxygens (including phenoxy) is 4. The lowest BCUT2D eigenvalue weighted by Crippen LogP contribution is -2.71. The fraction of sp³-hybridized carbons (Fsp3) is 0.688. The molecular weight excluding hydrogens is 512 g/mol. The van der Waals surface area contributed by atoms with Crippen LogP contribution in [0, 0.1) is 28.1 Å². The van der Waals surface area contributed by atoms with Crippen molar-refractivity contribution in [1.82, 2.24) is 0 Å². The van der Waals surface area contributed by atoms with Crippen LogP contribution in [0.15, 0.2) is 45.8 Å². The van der Waals surface area contributed by atoms with Gasteiger partial charge < -0.3 is 28.5 Å². The Labute approximate surface area is 236 Å². The van der Waals surface area contributed by atoms with Crippen LogP contribution in [0.5, 0.6) is 0 Å². The molecule has 40 heavy (non-hydrogen) atoms. The van der Waals surface area contributed by atoms with E-state index in [2.05, 4.69) is 27.7 Å². The van der Waals surface area contributed by atoms with Gasteiger partial charge in [0.1, 0.15) is 6.10 Å². The van der Waals surface area contributed by atoms with Gasteiger partial charge in [-0.3, -0.25) is 4.79 Å². The molecule has 1 aromatic rings. The number of esters is 1. The van der Waals surface area contributed by atoms with Crippen molar-refractivity contribution in [2.45, 2.75) is 97.2 Å². The highest BCUT2D eigenvalue weighted by molar-refractivity contribution is 5.82. The van der Waals surface area contributed by atoms with Crippen LogP contribution in [0.4, 0.5) is 0 Å². The van der Waals surface area contributed by atoms with Gasteiger partial charge in [-0.15, -0.1) is 0 Å². The van der Waals surface area contributed by atoms with Crippen molar-refractivity contribution in [3.05, 3.63) is 47.0 Å². The van der Waals surface area contributed by atoms with Crippen LogP contribution < -0.4 is 0 Å². The van der Waals surface area contributed by atoms with Crippen molar-refractivity contribution in [1.29, 1.82) is 0 Å². The number of carbonyl (C=O) groups excluding carboxylic acids is 1. The van der Waals surface area contributed by atoms with Crippen molar-refractivity contribution in [3.63, 3.8) is 0 Å². The second-order valence-corrected chi connectivity index (χ2v) is 13.7. The molecule has 8 heteroatoms. The van der Waals surface area contributed by atoms with Crippen LogP contribution in [0.1, 0.15) is 72.3 Å². The number of carbonyl (C=O) groups is 2. The lowest BCUT2D eigenvalue weighted by Gasteiger charge is -2.65. The maximum absolute atomic E-state index is 13.1. The van der Waals surface area contributed by atoms with Gasteiger partial charge in [0, 0.05) is 54.1 Å². The number of allylic oxidation sites excluding steroid dienone is 2. The normalized spacial score (nSPS) is 45.1. The van der Waals surface area contributed by atoms with E-state index in [9.17, 15) is 14.7 Å². The largest absolute Gasteiger partial charge is 0.481 e. The molecule has 0 spiro atoms. The molecule has 1 N–H and O–H groups in total. The summed E-state index contributed by atoms with van der Waals surface area (Å²) in [5, 5.41) is 10.4. The summed E-state index contributed by atoms with van der Waals surface area (Å²) in [6.07, 6.45) is 4.75. The fourth-order valence-electron chi connectivity index (χ4n) is 10.0. The second-order valence-electron chi connectivity index (χ2n) is 13.7. The van der Waals surface area contributed by atoms with Crippen molar-refractivity contribution >= 4 is 11.9 Å². The third-order valence-corrected chi connectivity index (χ3v) is 11.4. The van der Waals surface area contributed by atoms with Gasteiger partial charge in [-0.25, -0.2) is 4.79 Å². The summed E-state index contributed by atoms with van der Waals surface area (Å²) in [5.41, 5.74) is 2.68. The molecular formula is C32H42O8. The number of aliphatic carboxylic acids is 1. The average Bonchev–Trinajstić information content (AvgIpc) is 3.63. The second kappa shape index (κ2) is 9.30. The summed E-state index contributed by atoms with van der Waals surface area (Å²) < 4.78 is 31.4. The van der Waals surface area contributed by atoms with Crippen LogP contribution in [-0.2, 0) is 28.5 Å². The van der Waals surface area contributed by atoms with E-state index in [1.165, 1.54) is 17.2 Å². The molecule has 11 atom stereocenters. The monoisotopic (exact) mass is 554 g/mol. The Morgan fingerprint density at radius 3 is 2.55 bits per heavy atom. The molecule has 218 valence electrons.